The molecule has 2 aromatic heterocycles. The van der Waals surface area contributed by atoms with Crippen LogP contribution in [0.15, 0.2) is 45.6 Å². The molecule has 0 fully saturated rings. The van der Waals surface area contributed by atoms with Gasteiger partial charge in [-0.15, -0.1) is 0 Å². The Hall–Kier alpha value is -2.89. The number of nitrogens with one attached hydrogen (secondary N) is 2. The highest BCUT2D eigenvalue weighted by molar-refractivity contribution is 6.04. The predicted molar refractivity (Wildman–Crippen MR) is 83.1 cm³/mol. The summed E-state index contributed by atoms with van der Waals surface area (Å²) in [5.41, 5.74) is 0.635. The summed E-state index contributed by atoms with van der Waals surface area (Å²) in [4.78, 5) is 24.2. The van der Waals surface area contributed by atoms with Crippen LogP contribution in [0.1, 0.15) is 35.8 Å². The van der Waals surface area contributed by atoms with Crippen LogP contribution in [0.2, 0.25) is 0 Å². The molecule has 0 aliphatic heterocycles. The van der Waals surface area contributed by atoms with Gasteiger partial charge in [-0.25, -0.2) is 4.79 Å². The van der Waals surface area contributed by atoms with Gasteiger partial charge in [-0.05, 0) is 18.1 Å². The van der Waals surface area contributed by atoms with Gasteiger partial charge in [0.15, 0.2) is 5.82 Å². The SMILES string of the molecule is CC(C)c1cc(NC(=O)c2cc3ccccc3oc2=O)n[nH]1. The normalized spacial score (nSPS) is 11.0. The zero-order chi connectivity index (χ0) is 15.7. The molecule has 2 N–H and O–H groups in total. The van der Waals surface area contributed by atoms with Crippen LogP contribution in [0.4, 0.5) is 5.82 Å². The first-order valence-electron chi connectivity index (χ1n) is 6.94. The van der Waals surface area contributed by atoms with Crippen molar-refractivity contribution < 1.29 is 9.21 Å². The smallest absolute Gasteiger partial charge is 0.349 e. The van der Waals surface area contributed by atoms with E-state index in [0.29, 0.717) is 16.8 Å². The van der Waals surface area contributed by atoms with Gasteiger partial charge in [0.2, 0.25) is 0 Å². The molecular formula is C16H15N3O3. The summed E-state index contributed by atoms with van der Waals surface area (Å²) in [6, 6.07) is 10.3. The molecule has 0 aliphatic rings. The number of aromatic amines is 1. The van der Waals surface area contributed by atoms with E-state index in [0.717, 1.165) is 5.69 Å². The van der Waals surface area contributed by atoms with E-state index >= 15 is 0 Å². The lowest BCUT2D eigenvalue weighted by molar-refractivity contribution is 0.102. The van der Waals surface area contributed by atoms with Crippen molar-refractivity contribution >= 4 is 22.7 Å². The number of fused-ring (bicyclic) bond motifs is 1. The van der Waals surface area contributed by atoms with Crippen LogP contribution in [-0.2, 0) is 0 Å². The Kier molecular flexibility index (Phi) is 3.50. The molecule has 0 saturated heterocycles. The molecule has 0 bridgehead atoms. The zero-order valence-electron chi connectivity index (χ0n) is 12.2. The molecule has 6 heteroatoms. The maximum absolute atomic E-state index is 12.2. The van der Waals surface area contributed by atoms with Crippen molar-refractivity contribution in [3.8, 4) is 0 Å². The van der Waals surface area contributed by atoms with Crippen LogP contribution in [0.3, 0.4) is 0 Å². The van der Waals surface area contributed by atoms with Crippen molar-refractivity contribution in [2.24, 2.45) is 0 Å². The van der Waals surface area contributed by atoms with Gasteiger partial charge in [-0.2, -0.15) is 5.10 Å². The average molecular weight is 297 g/mol. The molecule has 0 radical (unpaired) electrons. The number of H-pyrrole nitrogens is 1. The molecule has 1 aromatic carbocycles. The largest absolute Gasteiger partial charge is 0.422 e. The number of benzene rings is 1. The number of carbonyl (C=O) groups excluding carboxylic acids is 1. The minimum Gasteiger partial charge on any atom is -0.422 e. The molecule has 1 amide bonds. The van der Waals surface area contributed by atoms with Crippen LogP contribution < -0.4 is 10.9 Å². The second-order valence-corrected chi connectivity index (χ2v) is 5.30. The van der Waals surface area contributed by atoms with Crippen LogP contribution >= 0.6 is 0 Å². The summed E-state index contributed by atoms with van der Waals surface area (Å²) in [5, 5.41) is 10.1. The molecule has 0 aliphatic carbocycles. The highest BCUT2D eigenvalue weighted by Crippen LogP contribution is 2.16. The zero-order valence-corrected chi connectivity index (χ0v) is 12.2. The summed E-state index contributed by atoms with van der Waals surface area (Å²) in [6.07, 6.45) is 0. The highest BCUT2D eigenvalue weighted by Gasteiger charge is 2.15. The molecule has 6 nitrogen and oxygen atoms in total. The summed E-state index contributed by atoms with van der Waals surface area (Å²) >= 11 is 0. The number of anilines is 1. The van der Waals surface area contributed by atoms with Gasteiger partial charge in [-0.1, -0.05) is 32.0 Å². The first-order valence-corrected chi connectivity index (χ1v) is 6.94. The van der Waals surface area contributed by atoms with Gasteiger partial charge in [0.25, 0.3) is 5.91 Å². The van der Waals surface area contributed by atoms with Crippen molar-refractivity contribution in [2.75, 3.05) is 5.32 Å². The molecule has 2 heterocycles. The number of hydrogen-bond acceptors (Lipinski definition) is 4. The van der Waals surface area contributed by atoms with E-state index in [-0.39, 0.29) is 11.5 Å². The van der Waals surface area contributed by atoms with Crippen molar-refractivity contribution in [2.45, 2.75) is 19.8 Å². The van der Waals surface area contributed by atoms with Crippen molar-refractivity contribution in [3.63, 3.8) is 0 Å². The Morgan fingerprint density at radius 2 is 2.05 bits per heavy atom. The lowest BCUT2D eigenvalue weighted by Crippen LogP contribution is -2.20. The molecule has 0 atom stereocenters. The maximum atomic E-state index is 12.2. The summed E-state index contributed by atoms with van der Waals surface area (Å²) in [6.45, 7) is 4.02. The van der Waals surface area contributed by atoms with Crippen molar-refractivity contribution in [1.82, 2.24) is 10.2 Å². The monoisotopic (exact) mass is 297 g/mol. The molecule has 3 aromatic rings. The number of para-hydroxylation sites is 1. The Morgan fingerprint density at radius 3 is 2.77 bits per heavy atom. The minimum absolute atomic E-state index is 0.0483. The fourth-order valence-corrected chi connectivity index (χ4v) is 2.10. The third-order valence-electron chi connectivity index (χ3n) is 3.35. The summed E-state index contributed by atoms with van der Waals surface area (Å²) in [7, 11) is 0. The van der Waals surface area contributed by atoms with E-state index in [1.165, 1.54) is 6.07 Å². The van der Waals surface area contributed by atoms with E-state index in [4.69, 9.17) is 4.42 Å². The first-order chi connectivity index (χ1) is 10.5. The second-order valence-electron chi connectivity index (χ2n) is 5.30. The topological polar surface area (TPSA) is 88.0 Å². The predicted octanol–water partition coefficient (Wildman–Crippen LogP) is 2.89. The van der Waals surface area contributed by atoms with Crippen LogP contribution in [0.25, 0.3) is 11.0 Å². The molecular weight excluding hydrogens is 282 g/mol. The Labute approximate surface area is 126 Å². The number of nitrogens with zero attached hydrogens (tertiary/aromatic N) is 1. The molecule has 0 unspecified atom stereocenters. The second kappa shape index (κ2) is 5.48. The summed E-state index contributed by atoms with van der Waals surface area (Å²) in [5.74, 6) is 0.103. The molecule has 3 rings (SSSR count). The van der Waals surface area contributed by atoms with Gasteiger partial charge in [-0.3, -0.25) is 9.89 Å². The van der Waals surface area contributed by atoms with Gasteiger partial charge < -0.3 is 9.73 Å². The van der Waals surface area contributed by atoms with E-state index in [1.807, 2.05) is 19.9 Å². The molecule has 0 spiro atoms. The molecule has 112 valence electrons. The number of amides is 1. The third kappa shape index (κ3) is 2.63. The van der Waals surface area contributed by atoms with E-state index < -0.39 is 11.5 Å². The summed E-state index contributed by atoms with van der Waals surface area (Å²) < 4.78 is 5.15. The minimum atomic E-state index is -0.671. The van der Waals surface area contributed by atoms with E-state index in [1.54, 1.807) is 24.3 Å². The van der Waals surface area contributed by atoms with Crippen molar-refractivity contribution in [1.29, 1.82) is 0 Å². The Balaban J connectivity index is 1.91. The Bertz CT molecular complexity index is 893. The van der Waals surface area contributed by atoms with Crippen molar-refractivity contribution in [3.05, 3.63) is 58.1 Å². The lowest BCUT2D eigenvalue weighted by atomic mass is 10.1. The molecule has 22 heavy (non-hydrogen) atoms. The van der Waals surface area contributed by atoms with Crippen LogP contribution in [0.5, 0.6) is 0 Å². The molecule has 0 saturated carbocycles. The average Bonchev–Trinajstić information content (AvgIpc) is 2.95. The first kappa shape index (κ1) is 14.1. The van der Waals surface area contributed by atoms with E-state index in [2.05, 4.69) is 15.5 Å². The number of rotatable bonds is 3. The lowest BCUT2D eigenvalue weighted by Gasteiger charge is -2.02. The van der Waals surface area contributed by atoms with Gasteiger partial charge in [0.1, 0.15) is 11.1 Å². The fraction of sp³-hybridized carbons (Fsp3) is 0.188. The van der Waals surface area contributed by atoms with E-state index in [9.17, 15) is 9.59 Å². The van der Waals surface area contributed by atoms with Gasteiger partial charge in [0.05, 0.1) is 0 Å². The number of aromatic nitrogens is 2. The third-order valence-corrected chi connectivity index (χ3v) is 3.35. The standard InChI is InChI=1S/C16H15N3O3/c1-9(2)12-8-14(19-18-12)17-15(20)11-7-10-5-3-4-6-13(10)22-16(11)21/h3-9H,1-2H3,(H2,17,18,19,20). The van der Waals surface area contributed by atoms with Gasteiger partial charge in [0, 0.05) is 17.1 Å². The van der Waals surface area contributed by atoms with Crippen LogP contribution in [0, 0.1) is 0 Å². The quantitative estimate of drug-likeness (QED) is 0.728. The maximum Gasteiger partial charge on any atom is 0.349 e. The van der Waals surface area contributed by atoms with Gasteiger partial charge >= 0.3 is 5.63 Å². The Morgan fingerprint density at radius 1 is 1.27 bits per heavy atom. The number of hydrogen-bond donors (Lipinski definition) is 2. The highest BCUT2D eigenvalue weighted by atomic mass is 16.4. The van der Waals surface area contributed by atoms with Crippen LogP contribution in [-0.4, -0.2) is 16.1 Å². The fourth-order valence-electron chi connectivity index (χ4n) is 2.10. The number of carbonyl (C=O) groups is 1.